The van der Waals surface area contributed by atoms with Crippen LogP contribution in [0.1, 0.15) is 26.2 Å². The fourth-order valence-electron chi connectivity index (χ4n) is 2.56. The zero-order valence-corrected chi connectivity index (χ0v) is 13.2. The first-order valence-electron chi connectivity index (χ1n) is 7.82. The van der Waals surface area contributed by atoms with Crippen LogP contribution in [-0.4, -0.2) is 53.9 Å². The van der Waals surface area contributed by atoms with Crippen LogP contribution < -0.4 is 16.2 Å². The normalized spacial score (nSPS) is 18.0. The molecule has 0 aromatic carbocycles. The zero-order chi connectivity index (χ0) is 15.2. The molecule has 6 heteroatoms. The SMILES string of the molecule is CC(N)CCCCn1ncc(N2CCN(C)CC2)cc1=O. The largest absolute Gasteiger partial charge is 0.368 e. The minimum Gasteiger partial charge on any atom is -0.368 e. The van der Waals surface area contributed by atoms with Crippen LogP contribution in [0.2, 0.25) is 0 Å². The van der Waals surface area contributed by atoms with Crippen molar-refractivity contribution in [2.24, 2.45) is 5.73 Å². The monoisotopic (exact) mass is 293 g/mol. The predicted molar refractivity (Wildman–Crippen MR) is 85.7 cm³/mol. The maximum absolute atomic E-state index is 12.1. The van der Waals surface area contributed by atoms with Gasteiger partial charge in [-0.1, -0.05) is 6.42 Å². The van der Waals surface area contributed by atoms with Gasteiger partial charge in [0, 0.05) is 44.8 Å². The molecule has 0 bridgehead atoms. The number of likely N-dealkylation sites (N-methyl/N-ethyl adjacent to an activating group) is 1. The number of nitrogens with two attached hydrogens (primary N) is 1. The fraction of sp³-hybridized carbons (Fsp3) is 0.733. The molecular formula is C15H27N5O. The van der Waals surface area contributed by atoms with Crippen molar-refractivity contribution >= 4 is 5.69 Å². The van der Waals surface area contributed by atoms with Crippen LogP contribution in [0.3, 0.4) is 0 Å². The molecule has 2 rings (SSSR count). The molecule has 0 radical (unpaired) electrons. The number of aryl methyl sites for hydroxylation is 1. The van der Waals surface area contributed by atoms with Gasteiger partial charge < -0.3 is 15.5 Å². The molecule has 21 heavy (non-hydrogen) atoms. The Morgan fingerprint density at radius 3 is 2.62 bits per heavy atom. The maximum atomic E-state index is 12.1. The van der Waals surface area contributed by atoms with E-state index in [4.69, 9.17) is 5.73 Å². The number of nitrogens with zero attached hydrogens (tertiary/aromatic N) is 4. The van der Waals surface area contributed by atoms with Crippen LogP contribution >= 0.6 is 0 Å². The van der Waals surface area contributed by atoms with E-state index < -0.39 is 0 Å². The van der Waals surface area contributed by atoms with Crippen molar-refractivity contribution in [1.29, 1.82) is 0 Å². The first-order valence-corrected chi connectivity index (χ1v) is 7.82. The summed E-state index contributed by atoms with van der Waals surface area (Å²) in [5.41, 5.74) is 6.66. The van der Waals surface area contributed by atoms with Gasteiger partial charge in [0.1, 0.15) is 0 Å². The zero-order valence-electron chi connectivity index (χ0n) is 13.2. The second kappa shape index (κ2) is 7.56. The second-order valence-electron chi connectivity index (χ2n) is 6.04. The van der Waals surface area contributed by atoms with E-state index >= 15 is 0 Å². The van der Waals surface area contributed by atoms with Crippen LogP contribution in [-0.2, 0) is 6.54 Å². The highest BCUT2D eigenvalue weighted by Crippen LogP contribution is 2.12. The number of unbranched alkanes of at least 4 members (excludes halogenated alkanes) is 1. The van der Waals surface area contributed by atoms with Gasteiger partial charge in [0.2, 0.25) is 0 Å². The Morgan fingerprint density at radius 1 is 1.29 bits per heavy atom. The molecule has 2 heterocycles. The molecule has 0 saturated carbocycles. The first-order chi connectivity index (χ1) is 10.1. The highest BCUT2D eigenvalue weighted by Gasteiger charge is 2.15. The van der Waals surface area contributed by atoms with Gasteiger partial charge >= 0.3 is 0 Å². The van der Waals surface area contributed by atoms with Gasteiger partial charge in [-0.25, -0.2) is 4.68 Å². The average molecular weight is 293 g/mol. The Balaban J connectivity index is 1.90. The lowest BCUT2D eigenvalue weighted by molar-refractivity contribution is 0.312. The van der Waals surface area contributed by atoms with Crippen LogP contribution in [0.25, 0.3) is 0 Å². The summed E-state index contributed by atoms with van der Waals surface area (Å²) in [6.07, 6.45) is 4.79. The predicted octanol–water partition coefficient (Wildman–Crippen LogP) is 0.513. The number of piperazine rings is 1. The molecule has 6 nitrogen and oxygen atoms in total. The topological polar surface area (TPSA) is 67.4 Å². The fourth-order valence-corrected chi connectivity index (χ4v) is 2.56. The summed E-state index contributed by atoms with van der Waals surface area (Å²) in [4.78, 5) is 16.6. The number of aromatic nitrogens is 2. The van der Waals surface area contributed by atoms with Crippen LogP contribution in [0, 0.1) is 0 Å². The molecule has 0 aliphatic carbocycles. The Hall–Kier alpha value is -1.40. The van der Waals surface area contributed by atoms with Crippen molar-refractivity contribution in [2.75, 3.05) is 38.1 Å². The van der Waals surface area contributed by atoms with Gasteiger partial charge in [0.15, 0.2) is 0 Å². The number of hydrogen-bond acceptors (Lipinski definition) is 5. The van der Waals surface area contributed by atoms with Gasteiger partial charge in [-0.3, -0.25) is 4.79 Å². The minimum absolute atomic E-state index is 0.00720. The van der Waals surface area contributed by atoms with E-state index in [1.807, 2.05) is 13.1 Å². The smallest absolute Gasteiger partial charge is 0.268 e. The standard InChI is InChI=1S/C15H27N5O/c1-13(16)5-3-4-6-20-15(21)11-14(12-17-20)19-9-7-18(2)8-10-19/h11-13H,3-10,16H2,1-2H3. The van der Waals surface area contributed by atoms with Gasteiger partial charge in [0.25, 0.3) is 5.56 Å². The van der Waals surface area contributed by atoms with Crippen molar-refractivity contribution in [1.82, 2.24) is 14.7 Å². The van der Waals surface area contributed by atoms with Crippen LogP contribution in [0.15, 0.2) is 17.1 Å². The molecule has 1 aliphatic heterocycles. The lowest BCUT2D eigenvalue weighted by Gasteiger charge is -2.33. The van der Waals surface area contributed by atoms with Gasteiger partial charge in [0.05, 0.1) is 11.9 Å². The molecule has 0 spiro atoms. The van der Waals surface area contributed by atoms with E-state index in [9.17, 15) is 4.79 Å². The summed E-state index contributed by atoms with van der Waals surface area (Å²) in [6.45, 7) is 6.65. The molecule has 1 aromatic heterocycles. The summed E-state index contributed by atoms with van der Waals surface area (Å²) >= 11 is 0. The summed E-state index contributed by atoms with van der Waals surface area (Å²) < 4.78 is 1.56. The van der Waals surface area contributed by atoms with Crippen molar-refractivity contribution in [2.45, 2.75) is 38.8 Å². The van der Waals surface area contributed by atoms with Gasteiger partial charge in [-0.15, -0.1) is 0 Å². The average Bonchev–Trinajstić information content (AvgIpc) is 2.45. The van der Waals surface area contributed by atoms with E-state index in [-0.39, 0.29) is 11.6 Å². The van der Waals surface area contributed by atoms with E-state index in [2.05, 4.69) is 21.9 Å². The molecule has 1 unspecified atom stereocenters. The summed E-state index contributed by atoms with van der Waals surface area (Å²) in [6, 6.07) is 1.94. The van der Waals surface area contributed by atoms with Gasteiger partial charge in [-0.05, 0) is 26.8 Å². The molecule has 1 aromatic rings. The maximum Gasteiger partial charge on any atom is 0.268 e. The second-order valence-corrected chi connectivity index (χ2v) is 6.04. The Labute approximate surface area is 126 Å². The third-order valence-corrected chi connectivity index (χ3v) is 4.00. The lowest BCUT2D eigenvalue weighted by atomic mass is 10.1. The highest BCUT2D eigenvalue weighted by atomic mass is 16.1. The van der Waals surface area contributed by atoms with Crippen molar-refractivity contribution in [3.63, 3.8) is 0 Å². The van der Waals surface area contributed by atoms with Crippen molar-refractivity contribution in [3.8, 4) is 0 Å². The molecule has 2 N–H and O–H groups in total. The third-order valence-electron chi connectivity index (χ3n) is 4.00. The van der Waals surface area contributed by atoms with Crippen LogP contribution in [0.4, 0.5) is 5.69 Å². The van der Waals surface area contributed by atoms with E-state index in [0.29, 0.717) is 6.54 Å². The Kier molecular flexibility index (Phi) is 5.76. The van der Waals surface area contributed by atoms with E-state index in [1.165, 1.54) is 0 Å². The van der Waals surface area contributed by atoms with E-state index in [1.54, 1.807) is 10.7 Å². The minimum atomic E-state index is -0.00720. The van der Waals surface area contributed by atoms with Gasteiger partial charge in [-0.2, -0.15) is 5.10 Å². The third kappa shape index (κ3) is 4.82. The highest BCUT2D eigenvalue weighted by molar-refractivity contribution is 5.43. The summed E-state index contributed by atoms with van der Waals surface area (Å²) in [5.74, 6) is 0. The Bertz CT molecular complexity index is 491. The summed E-state index contributed by atoms with van der Waals surface area (Å²) in [5, 5.41) is 4.31. The number of anilines is 1. The Morgan fingerprint density at radius 2 is 2.00 bits per heavy atom. The molecule has 1 fully saturated rings. The van der Waals surface area contributed by atoms with Crippen molar-refractivity contribution < 1.29 is 0 Å². The molecule has 118 valence electrons. The molecule has 0 amide bonds. The molecule has 1 aliphatic rings. The van der Waals surface area contributed by atoms with Crippen molar-refractivity contribution in [3.05, 3.63) is 22.6 Å². The first kappa shape index (κ1) is 16.0. The number of hydrogen-bond donors (Lipinski definition) is 1. The number of rotatable bonds is 6. The lowest BCUT2D eigenvalue weighted by Crippen LogP contribution is -2.45. The summed E-state index contributed by atoms with van der Waals surface area (Å²) in [7, 11) is 2.12. The molecule has 1 atom stereocenters. The molecular weight excluding hydrogens is 266 g/mol. The van der Waals surface area contributed by atoms with Crippen LogP contribution in [0.5, 0.6) is 0 Å². The van der Waals surface area contributed by atoms with E-state index in [0.717, 1.165) is 51.1 Å². The quantitative estimate of drug-likeness (QED) is 0.774. The molecule has 1 saturated heterocycles.